The molecular weight excluding hydrogens is 320 g/mol. The van der Waals surface area contributed by atoms with E-state index in [1.165, 1.54) is 0 Å². The van der Waals surface area contributed by atoms with Gasteiger partial charge in [-0.15, -0.1) is 0 Å². The Labute approximate surface area is 147 Å². The molecule has 0 fully saturated rings. The van der Waals surface area contributed by atoms with Gasteiger partial charge in [0.05, 0.1) is 20.3 Å². The highest BCUT2D eigenvalue weighted by Crippen LogP contribution is 2.29. The molecule has 1 heterocycles. The van der Waals surface area contributed by atoms with Crippen LogP contribution in [0.2, 0.25) is 0 Å². The first-order valence-corrected chi connectivity index (χ1v) is 8.05. The lowest BCUT2D eigenvalue weighted by Gasteiger charge is -2.17. The normalized spacial score (nSPS) is 11.3. The average molecular weight is 344 g/mol. The fourth-order valence-electron chi connectivity index (χ4n) is 2.29. The van der Waals surface area contributed by atoms with Gasteiger partial charge in [0.15, 0.2) is 11.5 Å². The van der Waals surface area contributed by atoms with Gasteiger partial charge in [-0.2, -0.15) is 0 Å². The predicted molar refractivity (Wildman–Crippen MR) is 97.2 cm³/mol. The van der Waals surface area contributed by atoms with Crippen LogP contribution in [-0.4, -0.2) is 38.3 Å². The highest BCUT2D eigenvalue weighted by molar-refractivity contribution is 5.74. The summed E-state index contributed by atoms with van der Waals surface area (Å²) in [6.45, 7) is 2.99. The standard InChI is InChI=1S/C18H24N4O3/c1-13(14-7-8-15(24-2)16(12-14)25-3)22-18(23)21-11-10-20-17-6-4-5-9-19-17/h4-9,12-13H,10-11H2,1-3H3,(H,19,20)(H2,21,22,23). The first kappa shape index (κ1) is 18.4. The van der Waals surface area contributed by atoms with E-state index in [2.05, 4.69) is 20.9 Å². The fraction of sp³-hybridized carbons (Fsp3) is 0.333. The summed E-state index contributed by atoms with van der Waals surface area (Å²) < 4.78 is 10.5. The summed E-state index contributed by atoms with van der Waals surface area (Å²) in [5, 5.41) is 8.83. The number of hydrogen-bond acceptors (Lipinski definition) is 5. The van der Waals surface area contributed by atoms with Gasteiger partial charge in [-0.3, -0.25) is 0 Å². The van der Waals surface area contributed by atoms with Crippen LogP contribution in [0.15, 0.2) is 42.6 Å². The van der Waals surface area contributed by atoms with Crippen LogP contribution in [-0.2, 0) is 0 Å². The van der Waals surface area contributed by atoms with Crippen LogP contribution in [0.4, 0.5) is 10.6 Å². The molecule has 1 atom stereocenters. The van der Waals surface area contributed by atoms with Crippen LogP contribution < -0.4 is 25.4 Å². The molecular formula is C18H24N4O3. The van der Waals surface area contributed by atoms with E-state index in [0.717, 1.165) is 11.4 Å². The third kappa shape index (κ3) is 5.56. The number of nitrogens with zero attached hydrogens (tertiary/aromatic N) is 1. The Morgan fingerprint density at radius 3 is 2.60 bits per heavy atom. The van der Waals surface area contributed by atoms with Crippen molar-refractivity contribution in [3.05, 3.63) is 48.2 Å². The molecule has 1 unspecified atom stereocenters. The average Bonchev–Trinajstić information content (AvgIpc) is 2.65. The third-order valence-corrected chi connectivity index (χ3v) is 3.64. The van der Waals surface area contributed by atoms with Crippen LogP contribution in [0.1, 0.15) is 18.5 Å². The van der Waals surface area contributed by atoms with Crippen LogP contribution in [0.5, 0.6) is 11.5 Å². The van der Waals surface area contributed by atoms with Gasteiger partial charge >= 0.3 is 6.03 Å². The van der Waals surface area contributed by atoms with Crippen molar-refractivity contribution in [3.8, 4) is 11.5 Å². The Morgan fingerprint density at radius 1 is 1.12 bits per heavy atom. The Kier molecular flexibility index (Phi) is 6.88. The van der Waals surface area contributed by atoms with Crippen molar-refractivity contribution in [2.24, 2.45) is 0 Å². The zero-order valence-electron chi connectivity index (χ0n) is 14.7. The van der Waals surface area contributed by atoms with Crippen molar-refractivity contribution < 1.29 is 14.3 Å². The van der Waals surface area contributed by atoms with E-state index < -0.39 is 0 Å². The first-order chi connectivity index (χ1) is 12.1. The molecule has 25 heavy (non-hydrogen) atoms. The van der Waals surface area contributed by atoms with Crippen molar-refractivity contribution >= 4 is 11.8 Å². The number of carbonyl (C=O) groups excluding carboxylic acids is 1. The summed E-state index contributed by atoms with van der Waals surface area (Å²) in [7, 11) is 3.17. The number of benzene rings is 1. The Morgan fingerprint density at radius 2 is 1.92 bits per heavy atom. The zero-order valence-corrected chi connectivity index (χ0v) is 14.7. The molecule has 2 aromatic rings. The minimum absolute atomic E-state index is 0.163. The van der Waals surface area contributed by atoms with Gasteiger partial charge in [0.1, 0.15) is 5.82 Å². The molecule has 3 N–H and O–H groups in total. The molecule has 2 rings (SSSR count). The largest absolute Gasteiger partial charge is 0.493 e. The highest BCUT2D eigenvalue weighted by atomic mass is 16.5. The molecule has 0 aliphatic carbocycles. The molecule has 0 bridgehead atoms. The summed E-state index contributed by atoms with van der Waals surface area (Å²) in [6.07, 6.45) is 1.72. The van der Waals surface area contributed by atoms with E-state index in [-0.39, 0.29) is 12.1 Å². The van der Waals surface area contributed by atoms with E-state index in [4.69, 9.17) is 9.47 Å². The molecule has 0 spiro atoms. The molecule has 0 aliphatic heterocycles. The van der Waals surface area contributed by atoms with E-state index in [1.54, 1.807) is 20.4 Å². The number of rotatable bonds is 8. The second-order valence-electron chi connectivity index (χ2n) is 5.38. The van der Waals surface area contributed by atoms with Gasteiger partial charge in [0, 0.05) is 19.3 Å². The summed E-state index contributed by atoms with van der Waals surface area (Å²) in [6, 6.07) is 10.8. The van der Waals surface area contributed by atoms with Gasteiger partial charge in [-0.25, -0.2) is 9.78 Å². The van der Waals surface area contributed by atoms with Crippen LogP contribution >= 0.6 is 0 Å². The molecule has 1 aromatic carbocycles. The number of urea groups is 1. The highest BCUT2D eigenvalue weighted by Gasteiger charge is 2.12. The third-order valence-electron chi connectivity index (χ3n) is 3.64. The van der Waals surface area contributed by atoms with Crippen molar-refractivity contribution in [2.75, 3.05) is 32.6 Å². The Bertz CT molecular complexity index is 679. The number of ether oxygens (including phenoxy) is 2. The molecule has 7 heteroatoms. The maximum Gasteiger partial charge on any atom is 0.315 e. The molecule has 0 radical (unpaired) electrons. The van der Waals surface area contributed by atoms with Gasteiger partial charge < -0.3 is 25.4 Å². The number of methoxy groups -OCH3 is 2. The Hall–Kier alpha value is -2.96. The fourth-order valence-corrected chi connectivity index (χ4v) is 2.29. The SMILES string of the molecule is COc1ccc(C(C)NC(=O)NCCNc2ccccn2)cc1OC. The zero-order chi connectivity index (χ0) is 18.1. The van der Waals surface area contributed by atoms with Crippen molar-refractivity contribution in [2.45, 2.75) is 13.0 Å². The maximum atomic E-state index is 12.0. The van der Waals surface area contributed by atoms with Crippen molar-refractivity contribution in [3.63, 3.8) is 0 Å². The van der Waals surface area contributed by atoms with E-state index in [1.807, 2.05) is 43.3 Å². The number of carbonyl (C=O) groups is 1. The first-order valence-electron chi connectivity index (χ1n) is 8.05. The topological polar surface area (TPSA) is 84.5 Å². The van der Waals surface area contributed by atoms with Gasteiger partial charge in [-0.05, 0) is 36.8 Å². The number of aromatic nitrogens is 1. The quantitative estimate of drug-likeness (QED) is 0.641. The molecule has 134 valence electrons. The lowest BCUT2D eigenvalue weighted by atomic mass is 10.1. The second-order valence-corrected chi connectivity index (χ2v) is 5.38. The summed E-state index contributed by atoms with van der Waals surface area (Å²) in [4.78, 5) is 16.1. The summed E-state index contributed by atoms with van der Waals surface area (Å²) in [5.74, 6) is 2.07. The van der Waals surface area contributed by atoms with E-state index in [9.17, 15) is 4.79 Å². The van der Waals surface area contributed by atoms with Crippen LogP contribution in [0.3, 0.4) is 0 Å². The maximum absolute atomic E-state index is 12.0. The molecule has 2 amide bonds. The summed E-state index contributed by atoms with van der Waals surface area (Å²) >= 11 is 0. The minimum Gasteiger partial charge on any atom is -0.493 e. The minimum atomic E-state index is -0.231. The van der Waals surface area contributed by atoms with Gasteiger partial charge in [-0.1, -0.05) is 12.1 Å². The number of anilines is 1. The number of hydrogen-bond donors (Lipinski definition) is 3. The molecule has 0 saturated heterocycles. The lowest BCUT2D eigenvalue weighted by molar-refractivity contribution is 0.238. The van der Waals surface area contributed by atoms with Crippen LogP contribution in [0.25, 0.3) is 0 Å². The number of pyridine rings is 1. The van der Waals surface area contributed by atoms with E-state index >= 15 is 0 Å². The summed E-state index contributed by atoms with van der Waals surface area (Å²) in [5.41, 5.74) is 0.930. The van der Waals surface area contributed by atoms with Crippen LogP contribution in [0, 0.1) is 0 Å². The van der Waals surface area contributed by atoms with Crippen molar-refractivity contribution in [1.82, 2.24) is 15.6 Å². The molecule has 0 saturated carbocycles. The molecule has 1 aromatic heterocycles. The van der Waals surface area contributed by atoms with E-state index in [0.29, 0.717) is 24.6 Å². The molecule has 0 aliphatic rings. The van der Waals surface area contributed by atoms with Crippen molar-refractivity contribution in [1.29, 1.82) is 0 Å². The molecule has 7 nitrogen and oxygen atoms in total. The predicted octanol–water partition coefficient (Wildman–Crippen LogP) is 2.57. The monoisotopic (exact) mass is 344 g/mol. The number of amides is 2. The lowest BCUT2D eigenvalue weighted by Crippen LogP contribution is -2.39. The smallest absolute Gasteiger partial charge is 0.315 e. The second kappa shape index (κ2) is 9.36. The number of nitrogens with one attached hydrogen (secondary N) is 3. The van der Waals surface area contributed by atoms with Gasteiger partial charge in [0.25, 0.3) is 0 Å². The Balaban J connectivity index is 1.78. The van der Waals surface area contributed by atoms with Gasteiger partial charge in [0.2, 0.25) is 0 Å².